The van der Waals surface area contributed by atoms with Gasteiger partial charge in [0.2, 0.25) is 5.91 Å². The van der Waals surface area contributed by atoms with E-state index in [1.54, 1.807) is 17.4 Å². The van der Waals surface area contributed by atoms with E-state index in [9.17, 15) is 4.79 Å². The van der Waals surface area contributed by atoms with Crippen LogP contribution in [-0.2, 0) is 17.8 Å². The maximum absolute atomic E-state index is 12.2. The van der Waals surface area contributed by atoms with Gasteiger partial charge in [0.25, 0.3) is 0 Å². The van der Waals surface area contributed by atoms with Crippen LogP contribution in [0, 0.1) is 6.92 Å². The van der Waals surface area contributed by atoms with Gasteiger partial charge in [0.1, 0.15) is 11.5 Å². The molecule has 2 heterocycles. The Hall–Kier alpha value is -2.82. The van der Waals surface area contributed by atoms with Crippen molar-refractivity contribution in [3.8, 4) is 11.3 Å². The van der Waals surface area contributed by atoms with Crippen molar-refractivity contribution >= 4 is 5.91 Å². The highest BCUT2D eigenvalue weighted by atomic mass is 16.3. The Balaban J connectivity index is 1.49. The molecule has 0 aliphatic carbocycles. The molecule has 0 aliphatic rings. The quantitative estimate of drug-likeness (QED) is 0.662. The summed E-state index contributed by atoms with van der Waals surface area (Å²) in [5, 5.41) is 0. The second-order valence-electron chi connectivity index (χ2n) is 6.25. The molecule has 5 nitrogen and oxygen atoms in total. The summed E-state index contributed by atoms with van der Waals surface area (Å²) in [6.45, 7) is 3.48. The topological polar surface area (TPSA) is 51.3 Å². The molecule has 1 aromatic carbocycles. The molecule has 130 valence electrons. The largest absolute Gasteiger partial charge is 0.461 e. The fourth-order valence-electron chi connectivity index (χ4n) is 2.62. The van der Waals surface area contributed by atoms with E-state index in [1.165, 1.54) is 5.56 Å². The van der Waals surface area contributed by atoms with Crippen LogP contribution in [0.3, 0.4) is 0 Å². The Morgan fingerprint density at radius 2 is 2.00 bits per heavy atom. The molecule has 0 atom stereocenters. The third-order valence-electron chi connectivity index (χ3n) is 4.26. The molecule has 2 aromatic heterocycles. The zero-order chi connectivity index (χ0) is 17.6. The maximum Gasteiger partial charge on any atom is 0.222 e. The minimum atomic E-state index is 0.119. The van der Waals surface area contributed by atoms with Crippen molar-refractivity contribution < 1.29 is 9.21 Å². The van der Waals surface area contributed by atoms with Crippen LogP contribution in [-0.4, -0.2) is 34.0 Å². The van der Waals surface area contributed by atoms with Crippen LogP contribution in [0.1, 0.15) is 17.7 Å². The fourth-order valence-corrected chi connectivity index (χ4v) is 2.62. The number of nitrogens with zero attached hydrogens (tertiary/aromatic N) is 3. The summed E-state index contributed by atoms with van der Waals surface area (Å²) in [6.07, 6.45) is 6.45. The van der Waals surface area contributed by atoms with Crippen LogP contribution in [0.5, 0.6) is 0 Å². The van der Waals surface area contributed by atoms with Crippen LogP contribution < -0.4 is 0 Å². The first-order valence-electron chi connectivity index (χ1n) is 8.47. The monoisotopic (exact) mass is 337 g/mol. The summed E-state index contributed by atoms with van der Waals surface area (Å²) in [5.41, 5.74) is 2.28. The van der Waals surface area contributed by atoms with E-state index < -0.39 is 0 Å². The van der Waals surface area contributed by atoms with Gasteiger partial charge in [0.15, 0.2) is 0 Å². The third kappa shape index (κ3) is 4.59. The first kappa shape index (κ1) is 17.0. The van der Waals surface area contributed by atoms with Crippen LogP contribution in [0.2, 0.25) is 0 Å². The molecule has 0 bridgehead atoms. The average Bonchev–Trinajstić information content (AvgIpc) is 3.30. The molecule has 0 radical (unpaired) electrons. The standard InChI is InChI=1S/C20H23N3O2/c1-16-3-5-17(6-4-16)19-9-7-18(25-19)8-10-20(24)22(2)13-14-23-12-11-21-15-23/h3-7,9,11-12,15H,8,10,13-14H2,1-2H3. The van der Waals surface area contributed by atoms with Crippen molar-refractivity contribution in [2.24, 2.45) is 0 Å². The summed E-state index contributed by atoms with van der Waals surface area (Å²) in [7, 11) is 1.83. The number of carbonyl (C=O) groups is 1. The highest BCUT2D eigenvalue weighted by molar-refractivity contribution is 5.76. The van der Waals surface area contributed by atoms with Crippen LogP contribution >= 0.6 is 0 Å². The Morgan fingerprint density at radius 1 is 1.20 bits per heavy atom. The zero-order valence-electron chi connectivity index (χ0n) is 14.7. The van der Waals surface area contributed by atoms with Gasteiger partial charge >= 0.3 is 0 Å². The Bertz CT molecular complexity index is 804. The highest BCUT2D eigenvalue weighted by Crippen LogP contribution is 2.23. The lowest BCUT2D eigenvalue weighted by Crippen LogP contribution is -2.30. The van der Waals surface area contributed by atoms with Crippen molar-refractivity contribution in [1.82, 2.24) is 14.5 Å². The zero-order valence-corrected chi connectivity index (χ0v) is 14.7. The lowest BCUT2D eigenvalue weighted by molar-refractivity contribution is -0.130. The molecule has 0 fully saturated rings. The minimum absolute atomic E-state index is 0.119. The van der Waals surface area contributed by atoms with Crippen LogP contribution in [0.15, 0.2) is 59.5 Å². The molecule has 5 heteroatoms. The number of imidazole rings is 1. The molecule has 0 unspecified atom stereocenters. The summed E-state index contributed by atoms with van der Waals surface area (Å²) >= 11 is 0. The molecule has 3 aromatic rings. The lowest BCUT2D eigenvalue weighted by Gasteiger charge is -2.17. The molecule has 0 saturated heterocycles. The first-order chi connectivity index (χ1) is 12.1. The number of hydrogen-bond acceptors (Lipinski definition) is 3. The van der Waals surface area contributed by atoms with Gasteiger partial charge in [0, 0.05) is 50.9 Å². The fraction of sp³-hybridized carbons (Fsp3) is 0.300. The van der Waals surface area contributed by atoms with E-state index in [-0.39, 0.29) is 5.91 Å². The molecule has 3 rings (SSSR count). The van der Waals surface area contributed by atoms with Gasteiger partial charge in [-0.3, -0.25) is 4.79 Å². The minimum Gasteiger partial charge on any atom is -0.461 e. The number of hydrogen-bond donors (Lipinski definition) is 0. The van der Waals surface area contributed by atoms with Gasteiger partial charge < -0.3 is 13.9 Å². The van der Waals surface area contributed by atoms with Crippen molar-refractivity contribution in [2.75, 3.05) is 13.6 Å². The highest BCUT2D eigenvalue weighted by Gasteiger charge is 2.11. The van der Waals surface area contributed by atoms with Gasteiger partial charge in [-0.2, -0.15) is 0 Å². The van der Waals surface area contributed by atoms with Gasteiger partial charge in [-0.1, -0.05) is 29.8 Å². The molecule has 25 heavy (non-hydrogen) atoms. The second-order valence-corrected chi connectivity index (χ2v) is 6.25. The molecule has 0 N–H and O–H groups in total. The van der Waals surface area contributed by atoms with Gasteiger partial charge in [0.05, 0.1) is 6.33 Å². The molecule has 0 saturated carbocycles. The number of benzene rings is 1. The van der Waals surface area contributed by atoms with Crippen LogP contribution in [0.4, 0.5) is 0 Å². The predicted molar refractivity (Wildman–Crippen MR) is 97.1 cm³/mol. The van der Waals surface area contributed by atoms with E-state index in [2.05, 4.69) is 24.0 Å². The lowest BCUT2D eigenvalue weighted by atomic mass is 10.1. The molecular formula is C20H23N3O2. The maximum atomic E-state index is 12.2. The molecule has 0 aliphatic heterocycles. The molecule has 1 amide bonds. The smallest absolute Gasteiger partial charge is 0.222 e. The number of carbonyl (C=O) groups excluding carboxylic acids is 1. The van der Waals surface area contributed by atoms with Crippen LogP contribution in [0.25, 0.3) is 11.3 Å². The van der Waals surface area contributed by atoms with E-state index in [4.69, 9.17) is 4.42 Å². The Kier molecular flexibility index (Phi) is 5.33. The molecule has 0 spiro atoms. The van der Waals surface area contributed by atoms with Crippen molar-refractivity contribution in [1.29, 1.82) is 0 Å². The van der Waals surface area contributed by atoms with Gasteiger partial charge in [-0.05, 0) is 19.1 Å². The van der Waals surface area contributed by atoms with Gasteiger partial charge in [-0.15, -0.1) is 0 Å². The van der Waals surface area contributed by atoms with Gasteiger partial charge in [-0.25, -0.2) is 4.98 Å². The Labute approximate surface area is 147 Å². The van der Waals surface area contributed by atoms with E-state index in [0.717, 1.165) is 23.6 Å². The van der Waals surface area contributed by atoms with Crippen molar-refractivity contribution in [3.63, 3.8) is 0 Å². The average molecular weight is 337 g/mol. The number of rotatable bonds is 7. The number of amides is 1. The van der Waals surface area contributed by atoms with E-state index in [1.807, 2.05) is 42.1 Å². The molecular weight excluding hydrogens is 314 g/mol. The predicted octanol–water partition coefficient (Wildman–Crippen LogP) is 3.54. The number of aryl methyl sites for hydroxylation is 2. The summed E-state index contributed by atoms with van der Waals surface area (Å²) in [5.74, 6) is 1.80. The number of aromatic nitrogens is 2. The summed E-state index contributed by atoms with van der Waals surface area (Å²) < 4.78 is 7.84. The SMILES string of the molecule is Cc1ccc(-c2ccc(CCC(=O)N(C)CCn3ccnc3)o2)cc1. The number of furan rings is 1. The van der Waals surface area contributed by atoms with E-state index in [0.29, 0.717) is 19.4 Å². The third-order valence-corrected chi connectivity index (χ3v) is 4.26. The summed E-state index contributed by atoms with van der Waals surface area (Å²) in [6, 6.07) is 12.1. The van der Waals surface area contributed by atoms with Crippen molar-refractivity contribution in [2.45, 2.75) is 26.3 Å². The van der Waals surface area contributed by atoms with Crippen molar-refractivity contribution in [3.05, 3.63) is 66.4 Å². The Morgan fingerprint density at radius 3 is 2.72 bits per heavy atom. The summed E-state index contributed by atoms with van der Waals surface area (Å²) in [4.78, 5) is 18.0. The first-order valence-corrected chi connectivity index (χ1v) is 8.47. The second kappa shape index (κ2) is 7.83. The number of likely N-dealkylation sites (N-methyl/N-ethyl adjacent to an activating group) is 1. The van der Waals surface area contributed by atoms with E-state index >= 15 is 0 Å². The normalized spacial score (nSPS) is 10.8.